The zero-order chi connectivity index (χ0) is 11.0. The van der Waals surface area contributed by atoms with E-state index in [1.807, 2.05) is 25.1 Å². The Balaban J connectivity index is 2.58. The third-order valence-corrected chi connectivity index (χ3v) is 3.02. The van der Waals surface area contributed by atoms with Gasteiger partial charge in [0, 0.05) is 12.1 Å². The Bertz CT molecular complexity index is 406. The molecule has 15 heavy (non-hydrogen) atoms. The molecule has 0 aromatic heterocycles. The molecule has 1 aliphatic heterocycles. The highest BCUT2D eigenvalue weighted by molar-refractivity contribution is 6.34. The number of benzene rings is 1. The fourth-order valence-corrected chi connectivity index (χ4v) is 2.33. The molecule has 0 spiro atoms. The summed E-state index contributed by atoms with van der Waals surface area (Å²) in [7, 11) is 1.78. The van der Waals surface area contributed by atoms with Gasteiger partial charge in [-0.1, -0.05) is 23.7 Å². The average Bonchev–Trinajstić information content (AvgIpc) is 2.51. The summed E-state index contributed by atoms with van der Waals surface area (Å²) in [5, 5.41) is 3.65. The number of anilines is 1. The van der Waals surface area contributed by atoms with E-state index in [1.54, 1.807) is 11.9 Å². The van der Waals surface area contributed by atoms with E-state index in [1.165, 1.54) is 0 Å². The van der Waals surface area contributed by atoms with E-state index < -0.39 is 0 Å². The van der Waals surface area contributed by atoms with Crippen LogP contribution in [0.1, 0.15) is 18.5 Å². The second-order valence-corrected chi connectivity index (χ2v) is 3.89. The molecule has 1 aromatic carbocycles. The molecule has 80 valence electrons. The number of carbonyl (C=O) groups is 1. The summed E-state index contributed by atoms with van der Waals surface area (Å²) in [4.78, 5) is 13.7. The van der Waals surface area contributed by atoms with Gasteiger partial charge in [-0.25, -0.2) is 0 Å². The van der Waals surface area contributed by atoms with Crippen LogP contribution in [0.5, 0.6) is 0 Å². The summed E-state index contributed by atoms with van der Waals surface area (Å²) in [6, 6.07) is 5.38. The standard InChI is InChI=1S/C11H13ClN2O/c1-3-14-10-7(5-4-6-8(10)12)9(13-2)11(14)15/h4-6,9,13H,3H2,1-2H3. The summed E-state index contributed by atoms with van der Waals surface area (Å²) < 4.78 is 0. The molecule has 0 saturated carbocycles. The van der Waals surface area contributed by atoms with Crippen LogP contribution in [0.15, 0.2) is 18.2 Å². The van der Waals surface area contributed by atoms with Crippen molar-refractivity contribution in [3.05, 3.63) is 28.8 Å². The van der Waals surface area contributed by atoms with Crippen LogP contribution in [0.3, 0.4) is 0 Å². The zero-order valence-electron chi connectivity index (χ0n) is 8.75. The molecule has 4 heteroatoms. The van der Waals surface area contributed by atoms with E-state index in [9.17, 15) is 4.79 Å². The number of hydrogen-bond donors (Lipinski definition) is 1. The Morgan fingerprint density at radius 2 is 2.27 bits per heavy atom. The molecule has 1 N–H and O–H groups in total. The molecule has 0 bridgehead atoms. The molecular formula is C11H13ClN2O. The molecule has 1 aliphatic rings. The van der Waals surface area contributed by atoms with Crippen molar-refractivity contribution in [3.63, 3.8) is 0 Å². The molecule has 3 nitrogen and oxygen atoms in total. The predicted molar refractivity (Wildman–Crippen MR) is 61.3 cm³/mol. The highest BCUT2D eigenvalue weighted by Gasteiger charge is 2.36. The van der Waals surface area contributed by atoms with E-state index >= 15 is 0 Å². The molecule has 1 unspecified atom stereocenters. The van der Waals surface area contributed by atoms with Crippen LogP contribution in [-0.2, 0) is 4.79 Å². The van der Waals surface area contributed by atoms with Crippen molar-refractivity contribution in [1.82, 2.24) is 5.32 Å². The first kappa shape index (κ1) is 10.5. The Kier molecular flexibility index (Phi) is 2.67. The highest BCUT2D eigenvalue weighted by atomic mass is 35.5. The number of carbonyl (C=O) groups excluding carboxylic acids is 1. The average molecular weight is 225 g/mol. The molecule has 0 saturated heterocycles. The van der Waals surface area contributed by atoms with E-state index in [4.69, 9.17) is 11.6 Å². The number of para-hydroxylation sites is 1. The smallest absolute Gasteiger partial charge is 0.248 e. The largest absolute Gasteiger partial charge is 0.309 e. The molecule has 2 rings (SSSR count). The van der Waals surface area contributed by atoms with Gasteiger partial charge in [-0.2, -0.15) is 0 Å². The number of halogens is 1. The number of hydrogen-bond acceptors (Lipinski definition) is 2. The second kappa shape index (κ2) is 3.83. The van der Waals surface area contributed by atoms with Gasteiger partial charge in [0.2, 0.25) is 5.91 Å². The van der Waals surface area contributed by atoms with Crippen molar-refractivity contribution in [2.75, 3.05) is 18.5 Å². The summed E-state index contributed by atoms with van der Waals surface area (Å²) in [6.07, 6.45) is 0. The van der Waals surface area contributed by atoms with Crippen molar-refractivity contribution in [2.45, 2.75) is 13.0 Å². The lowest BCUT2D eigenvalue weighted by molar-refractivity contribution is -0.119. The number of nitrogens with one attached hydrogen (secondary N) is 1. The topological polar surface area (TPSA) is 32.3 Å². The molecule has 1 aromatic rings. The Hall–Kier alpha value is -1.06. The van der Waals surface area contributed by atoms with Gasteiger partial charge >= 0.3 is 0 Å². The number of rotatable bonds is 2. The quantitative estimate of drug-likeness (QED) is 0.833. The van der Waals surface area contributed by atoms with Crippen molar-refractivity contribution >= 4 is 23.2 Å². The molecule has 0 fully saturated rings. The van der Waals surface area contributed by atoms with Crippen molar-refractivity contribution in [3.8, 4) is 0 Å². The normalized spacial score (nSPS) is 19.5. The molecule has 1 atom stereocenters. The van der Waals surface area contributed by atoms with Gasteiger partial charge in [0.15, 0.2) is 0 Å². The Morgan fingerprint density at radius 1 is 1.53 bits per heavy atom. The lowest BCUT2D eigenvalue weighted by atomic mass is 10.1. The number of likely N-dealkylation sites (N-methyl/N-ethyl adjacent to an activating group) is 2. The van der Waals surface area contributed by atoms with Gasteiger partial charge in [-0.3, -0.25) is 4.79 Å². The fraction of sp³-hybridized carbons (Fsp3) is 0.364. The van der Waals surface area contributed by atoms with Crippen LogP contribution in [0, 0.1) is 0 Å². The minimum atomic E-state index is -0.251. The first-order valence-electron chi connectivity index (χ1n) is 4.97. The third kappa shape index (κ3) is 1.43. The van der Waals surface area contributed by atoms with Crippen LogP contribution in [0.2, 0.25) is 5.02 Å². The van der Waals surface area contributed by atoms with Gasteiger partial charge in [0.25, 0.3) is 0 Å². The molecule has 0 radical (unpaired) electrons. The second-order valence-electron chi connectivity index (χ2n) is 3.48. The monoisotopic (exact) mass is 224 g/mol. The summed E-state index contributed by atoms with van der Waals surface area (Å²) in [5.74, 6) is 0.0723. The summed E-state index contributed by atoms with van der Waals surface area (Å²) in [6.45, 7) is 2.59. The molecule has 1 heterocycles. The lowest BCUT2D eigenvalue weighted by Crippen LogP contribution is -2.33. The molecule has 1 amide bonds. The maximum Gasteiger partial charge on any atom is 0.248 e. The molecule has 0 aliphatic carbocycles. The van der Waals surface area contributed by atoms with Crippen LogP contribution >= 0.6 is 11.6 Å². The number of fused-ring (bicyclic) bond motifs is 1. The number of amides is 1. The summed E-state index contributed by atoms with van der Waals surface area (Å²) in [5.41, 5.74) is 1.82. The SMILES string of the molecule is CCN1C(=O)C(NC)c2cccc(Cl)c21. The molecular weight excluding hydrogens is 212 g/mol. The van der Waals surface area contributed by atoms with Crippen LogP contribution < -0.4 is 10.2 Å². The van der Waals surface area contributed by atoms with Crippen LogP contribution in [0.25, 0.3) is 0 Å². The Labute approximate surface area is 94.0 Å². The van der Waals surface area contributed by atoms with E-state index in [0.29, 0.717) is 11.6 Å². The van der Waals surface area contributed by atoms with Gasteiger partial charge < -0.3 is 10.2 Å². The zero-order valence-corrected chi connectivity index (χ0v) is 9.51. The predicted octanol–water partition coefficient (Wildman–Crippen LogP) is 1.97. The lowest BCUT2D eigenvalue weighted by Gasteiger charge is -2.15. The first-order valence-corrected chi connectivity index (χ1v) is 5.35. The van der Waals surface area contributed by atoms with Crippen molar-refractivity contribution < 1.29 is 4.79 Å². The van der Waals surface area contributed by atoms with Crippen LogP contribution in [0.4, 0.5) is 5.69 Å². The van der Waals surface area contributed by atoms with E-state index in [0.717, 1.165) is 11.3 Å². The minimum absolute atomic E-state index is 0.0723. The minimum Gasteiger partial charge on any atom is -0.309 e. The first-order chi connectivity index (χ1) is 7.20. The number of nitrogens with zero attached hydrogens (tertiary/aromatic N) is 1. The van der Waals surface area contributed by atoms with Gasteiger partial charge in [0.1, 0.15) is 6.04 Å². The maximum atomic E-state index is 12.0. The van der Waals surface area contributed by atoms with Crippen molar-refractivity contribution in [1.29, 1.82) is 0 Å². The van der Waals surface area contributed by atoms with Gasteiger partial charge in [-0.05, 0) is 20.0 Å². The van der Waals surface area contributed by atoms with E-state index in [2.05, 4.69) is 5.32 Å². The van der Waals surface area contributed by atoms with E-state index in [-0.39, 0.29) is 11.9 Å². The van der Waals surface area contributed by atoms with Crippen molar-refractivity contribution in [2.24, 2.45) is 0 Å². The van der Waals surface area contributed by atoms with Gasteiger partial charge in [-0.15, -0.1) is 0 Å². The fourth-order valence-electron chi connectivity index (χ4n) is 2.04. The highest BCUT2D eigenvalue weighted by Crippen LogP contribution is 2.40. The maximum absolute atomic E-state index is 12.0. The summed E-state index contributed by atoms with van der Waals surface area (Å²) >= 11 is 6.11. The van der Waals surface area contributed by atoms with Crippen LogP contribution in [-0.4, -0.2) is 19.5 Å². The van der Waals surface area contributed by atoms with Gasteiger partial charge in [0.05, 0.1) is 10.7 Å². The Morgan fingerprint density at radius 3 is 2.87 bits per heavy atom. The third-order valence-electron chi connectivity index (χ3n) is 2.72.